The van der Waals surface area contributed by atoms with Crippen molar-refractivity contribution < 1.29 is 23.1 Å². The molecule has 0 radical (unpaired) electrons. The summed E-state index contributed by atoms with van der Waals surface area (Å²) in [7, 11) is 0. The van der Waals surface area contributed by atoms with Crippen LogP contribution in [0.4, 0.5) is 13.2 Å². The van der Waals surface area contributed by atoms with Crippen molar-refractivity contribution in [1.82, 2.24) is 4.90 Å². The normalized spacial score (nSPS) is 26.6. The van der Waals surface area contributed by atoms with E-state index in [9.17, 15) is 23.1 Å². The SMILES string of the molecule is CS.C[C@@H]1CN(C(=O)C2(CO)CC2c2ccc(F)cc2-c2c(F)cccc2F)[C@@H]1CN. The molecule has 0 bridgehead atoms. The molecule has 1 saturated heterocycles. The van der Waals surface area contributed by atoms with Crippen molar-refractivity contribution in [3.8, 4) is 11.1 Å². The first-order valence-electron chi connectivity index (χ1n) is 10.1. The first-order valence-corrected chi connectivity index (χ1v) is 11.0. The summed E-state index contributed by atoms with van der Waals surface area (Å²) in [5.74, 6) is -2.62. The fourth-order valence-corrected chi connectivity index (χ4v) is 4.61. The van der Waals surface area contributed by atoms with Crippen molar-refractivity contribution in [3.05, 3.63) is 59.4 Å². The molecule has 3 N–H and O–H groups in total. The standard InChI is InChI=1S/C22H23F3N2O2.CH4S/c1-12-10-27(19(12)9-26)21(29)22(11-28)8-16(22)14-6-5-13(23)7-15(14)20-17(24)3-2-4-18(20)25;1-2/h2-7,12,16,19,28H,8-11,26H2,1H3;2H,1H3/t12-,16?,19-,22?;/m1./s1. The van der Waals surface area contributed by atoms with Crippen molar-refractivity contribution in [2.24, 2.45) is 17.1 Å². The Hall–Kier alpha value is -2.03. The molecular formula is C23H27F3N2O2S. The Kier molecular flexibility index (Phi) is 7.03. The number of hydrogen-bond acceptors (Lipinski definition) is 4. The van der Waals surface area contributed by atoms with Crippen LogP contribution in [0, 0.1) is 28.8 Å². The Balaban J connectivity index is 0.00000132. The lowest BCUT2D eigenvalue weighted by molar-refractivity contribution is -0.150. The summed E-state index contributed by atoms with van der Waals surface area (Å²) in [6.07, 6.45) is 2.03. The Morgan fingerprint density at radius 1 is 1.23 bits per heavy atom. The van der Waals surface area contributed by atoms with Crippen LogP contribution in [0.5, 0.6) is 0 Å². The third-order valence-electron chi connectivity index (χ3n) is 6.45. The van der Waals surface area contributed by atoms with Crippen LogP contribution in [0.15, 0.2) is 36.4 Å². The van der Waals surface area contributed by atoms with E-state index in [2.05, 4.69) is 12.6 Å². The number of rotatable bonds is 5. The minimum absolute atomic E-state index is 0.0704. The van der Waals surface area contributed by atoms with E-state index in [0.29, 0.717) is 25.1 Å². The van der Waals surface area contributed by atoms with Gasteiger partial charge >= 0.3 is 0 Å². The molecule has 1 amide bonds. The minimum atomic E-state index is -1.07. The highest BCUT2D eigenvalue weighted by Gasteiger charge is 2.63. The average Bonchev–Trinajstić information content (AvgIpc) is 3.49. The van der Waals surface area contributed by atoms with Gasteiger partial charge in [0.1, 0.15) is 17.5 Å². The third-order valence-corrected chi connectivity index (χ3v) is 6.45. The molecule has 168 valence electrons. The number of thiol groups is 1. The lowest BCUT2D eigenvalue weighted by Crippen LogP contribution is -2.62. The van der Waals surface area contributed by atoms with Gasteiger partial charge in [-0.25, -0.2) is 13.2 Å². The quantitative estimate of drug-likeness (QED) is 0.608. The smallest absolute Gasteiger partial charge is 0.232 e. The second-order valence-electron chi connectivity index (χ2n) is 8.14. The van der Waals surface area contributed by atoms with Gasteiger partial charge in [-0.3, -0.25) is 4.79 Å². The van der Waals surface area contributed by atoms with E-state index in [-0.39, 0.29) is 29.0 Å². The molecular weight excluding hydrogens is 425 g/mol. The van der Waals surface area contributed by atoms with Crippen LogP contribution in [-0.2, 0) is 4.79 Å². The number of carbonyl (C=O) groups excluding carboxylic acids is 1. The molecule has 8 heteroatoms. The topological polar surface area (TPSA) is 66.6 Å². The molecule has 1 saturated carbocycles. The molecule has 4 atom stereocenters. The number of nitrogens with zero attached hydrogens (tertiary/aromatic N) is 1. The van der Waals surface area contributed by atoms with Gasteiger partial charge in [-0.15, -0.1) is 0 Å². The molecule has 4 nitrogen and oxygen atoms in total. The number of carbonyl (C=O) groups is 1. The zero-order valence-electron chi connectivity index (χ0n) is 17.5. The summed E-state index contributed by atoms with van der Waals surface area (Å²) in [6.45, 7) is 2.51. The van der Waals surface area contributed by atoms with E-state index in [0.717, 1.165) is 18.2 Å². The van der Waals surface area contributed by atoms with Gasteiger partial charge in [-0.2, -0.15) is 12.6 Å². The number of likely N-dealkylation sites (tertiary alicyclic amines) is 1. The fraction of sp³-hybridized carbons (Fsp3) is 0.435. The highest BCUT2D eigenvalue weighted by Crippen LogP contribution is 2.62. The van der Waals surface area contributed by atoms with Gasteiger partial charge in [-0.05, 0) is 54.0 Å². The Morgan fingerprint density at radius 3 is 2.42 bits per heavy atom. The van der Waals surface area contributed by atoms with Gasteiger partial charge < -0.3 is 15.7 Å². The first kappa shape index (κ1) is 23.6. The molecule has 0 aromatic heterocycles. The van der Waals surface area contributed by atoms with Crippen LogP contribution >= 0.6 is 12.6 Å². The minimum Gasteiger partial charge on any atom is -0.395 e. The maximum absolute atomic E-state index is 14.4. The highest BCUT2D eigenvalue weighted by molar-refractivity contribution is 7.79. The Bertz CT molecular complexity index is 954. The Morgan fingerprint density at radius 2 is 1.87 bits per heavy atom. The van der Waals surface area contributed by atoms with E-state index in [1.54, 1.807) is 11.2 Å². The molecule has 2 aliphatic rings. The van der Waals surface area contributed by atoms with E-state index in [1.807, 2.05) is 6.92 Å². The van der Waals surface area contributed by atoms with Crippen LogP contribution in [0.2, 0.25) is 0 Å². The maximum atomic E-state index is 14.4. The van der Waals surface area contributed by atoms with Gasteiger partial charge in [0.15, 0.2) is 0 Å². The molecule has 2 aromatic rings. The van der Waals surface area contributed by atoms with Crippen LogP contribution in [-0.4, -0.2) is 47.9 Å². The van der Waals surface area contributed by atoms with Crippen molar-refractivity contribution >= 4 is 18.5 Å². The van der Waals surface area contributed by atoms with Crippen LogP contribution in [0.3, 0.4) is 0 Å². The average molecular weight is 453 g/mol. The molecule has 31 heavy (non-hydrogen) atoms. The van der Waals surface area contributed by atoms with Gasteiger partial charge in [-0.1, -0.05) is 19.1 Å². The van der Waals surface area contributed by atoms with Crippen LogP contribution < -0.4 is 5.73 Å². The summed E-state index contributed by atoms with van der Waals surface area (Å²) in [5.41, 5.74) is 4.90. The van der Waals surface area contributed by atoms with Crippen molar-refractivity contribution in [3.63, 3.8) is 0 Å². The van der Waals surface area contributed by atoms with Crippen molar-refractivity contribution in [2.75, 3.05) is 26.0 Å². The predicted molar refractivity (Wildman–Crippen MR) is 117 cm³/mol. The van der Waals surface area contributed by atoms with Crippen LogP contribution in [0.25, 0.3) is 11.1 Å². The lowest BCUT2D eigenvalue weighted by Gasteiger charge is -2.47. The number of nitrogens with two attached hydrogens (primary N) is 1. The molecule has 0 spiro atoms. The van der Waals surface area contributed by atoms with Gasteiger partial charge in [0.2, 0.25) is 5.91 Å². The van der Waals surface area contributed by atoms with Gasteiger partial charge in [0, 0.05) is 25.0 Å². The highest BCUT2D eigenvalue weighted by atomic mass is 32.1. The van der Waals surface area contributed by atoms with E-state index >= 15 is 0 Å². The number of hydrogen-bond donors (Lipinski definition) is 3. The summed E-state index contributed by atoms with van der Waals surface area (Å²) >= 11 is 3.53. The molecule has 1 heterocycles. The number of amides is 1. The predicted octanol–water partition coefficient (Wildman–Crippen LogP) is 3.59. The van der Waals surface area contributed by atoms with E-state index < -0.39 is 35.4 Å². The summed E-state index contributed by atoms with van der Waals surface area (Å²) in [4.78, 5) is 14.9. The van der Waals surface area contributed by atoms with Crippen molar-refractivity contribution in [2.45, 2.75) is 25.3 Å². The molecule has 2 fully saturated rings. The van der Waals surface area contributed by atoms with Gasteiger partial charge in [0.25, 0.3) is 0 Å². The second-order valence-corrected chi connectivity index (χ2v) is 8.14. The number of aliphatic hydroxyl groups excluding tert-OH is 1. The summed E-state index contributed by atoms with van der Waals surface area (Å²) in [5, 5.41) is 10.1. The zero-order chi connectivity index (χ0) is 22.9. The molecule has 2 aromatic carbocycles. The number of halogens is 3. The lowest BCUT2D eigenvalue weighted by atomic mass is 9.86. The van der Waals surface area contributed by atoms with Gasteiger partial charge in [0.05, 0.1) is 17.6 Å². The molecule has 1 aliphatic heterocycles. The fourth-order valence-electron chi connectivity index (χ4n) is 4.61. The second kappa shape index (κ2) is 9.22. The van der Waals surface area contributed by atoms with Crippen LogP contribution in [0.1, 0.15) is 24.8 Å². The monoisotopic (exact) mass is 452 g/mol. The van der Waals surface area contributed by atoms with Crippen molar-refractivity contribution in [1.29, 1.82) is 0 Å². The summed E-state index contributed by atoms with van der Waals surface area (Å²) < 4.78 is 42.8. The Labute approximate surface area is 185 Å². The number of benzene rings is 2. The largest absolute Gasteiger partial charge is 0.395 e. The van der Waals surface area contributed by atoms with E-state index in [4.69, 9.17) is 5.73 Å². The summed E-state index contributed by atoms with van der Waals surface area (Å²) in [6, 6.07) is 7.11. The van der Waals surface area contributed by atoms with E-state index in [1.165, 1.54) is 18.2 Å². The maximum Gasteiger partial charge on any atom is 0.232 e. The number of aliphatic hydroxyl groups is 1. The molecule has 2 unspecified atom stereocenters. The molecule has 4 rings (SSSR count). The zero-order valence-corrected chi connectivity index (χ0v) is 18.4. The third kappa shape index (κ3) is 3.97. The molecule has 1 aliphatic carbocycles. The first-order chi connectivity index (χ1) is 14.8.